The van der Waals surface area contributed by atoms with Crippen molar-refractivity contribution in [3.8, 4) is 0 Å². The Morgan fingerprint density at radius 3 is 2.38 bits per heavy atom. The van der Waals surface area contributed by atoms with Crippen LogP contribution in [0.3, 0.4) is 0 Å². The molecule has 2 rings (SSSR count). The highest BCUT2D eigenvalue weighted by Gasteiger charge is 2.32. The predicted octanol–water partition coefficient (Wildman–Crippen LogP) is 1.44. The van der Waals surface area contributed by atoms with Gasteiger partial charge in [-0.05, 0) is 51.5 Å². The maximum atomic E-state index is 12.8. The molecule has 0 radical (unpaired) electrons. The minimum Gasteiger partial charge on any atom is -0.351 e. The number of hydrogen-bond acceptors (Lipinski definition) is 4. The Morgan fingerprint density at radius 2 is 1.88 bits per heavy atom. The molecule has 24 heavy (non-hydrogen) atoms. The summed E-state index contributed by atoms with van der Waals surface area (Å²) in [5.74, 6) is -0.221. The molecule has 1 aliphatic rings. The third-order valence-electron chi connectivity index (χ3n) is 4.41. The van der Waals surface area contributed by atoms with E-state index in [0.29, 0.717) is 12.1 Å². The van der Waals surface area contributed by atoms with Crippen molar-refractivity contribution in [2.24, 2.45) is 0 Å². The molecule has 1 amide bonds. The first-order chi connectivity index (χ1) is 11.3. The quantitative estimate of drug-likeness (QED) is 0.840. The fourth-order valence-electron chi connectivity index (χ4n) is 3.09. The smallest absolute Gasteiger partial charge is 0.244 e. The normalized spacial score (nSPS) is 18.1. The molecule has 1 saturated heterocycles. The van der Waals surface area contributed by atoms with Crippen LogP contribution < -0.4 is 9.62 Å². The van der Waals surface area contributed by atoms with Gasteiger partial charge in [0.15, 0.2) is 0 Å². The van der Waals surface area contributed by atoms with E-state index < -0.39 is 16.1 Å². The average Bonchev–Trinajstić information content (AvgIpc) is 2.54. The van der Waals surface area contributed by atoms with Crippen LogP contribution in [-0.2, 0) is 14.8 Å². The number of benzene rings is 1. The summed E-state index contributed by atoms with van der Waals surface area (Å²) in [5.41, 5.74) is 0.519. The van der Waals surface area contributed by atoms with Crippen molar-refractivity contribution in [2.75, 3.05) is 30.7 Å². The van der Waals surface area contributed by atoms with Crippen LogP contribution in [0.25, 0.3) is 0 Å². The lowest BCUT2D eigenvalue weighted by atomic mass is 10.0. The molecule has 1 atom stereocenters. The highest BCUT2D eigenvalue weighted by atomic mass is 32.2. The molecule has 0 bridgehead atoms. The van der Waals surface area contributed by atoms with E-state index in [9.17, 15) is 13.2 Å². The fourth-order valence-corrected chi connectivity index (χ4v) is 4.30. The van der Waals surface area contributed by atoms with Crippen molar-refractivity contribution in [3.63, 3.8) is 0 Å². The lowest BCUT2D eigenvalue weighted by molar-refractivity contribution is -0.123. The molecular formula is C17H27N3O3S. The van der Waals surface area contributed by atoms with Crippen molar-refractivity contribution in [2.45, 2.75) is 38.3 Å². The number of nitrogens with zero attached hydrogens (tertiary/aromatic N) is 2. The van der Waals surface area contributed by atoms with Gasteiger partial charge in [0.05, 0.1) is 11.9 Å². The van der Waals surface area contributed by atoms with Gasteiger partial charge in [-0.15, -0.1) is 0 Å². The molecule has 1 fully saturated rings. The zero-order chi connectivity index (χ0) is 17.7. The number of amides is 1. The van der Waals surface area contributed by atoms with Crippen LogP contribution in [0.2, 0.25) is 0 Å². The third-order valence-corrected chi connectivity index (χ3v) is 5.59. The van der Waals surface area contributed by atoms with E-state index in [0.717, 1.165) is 32.2 Å². The van der Waals surface area contributed by atoms with Gasteiger partial charge >= 0.3 is 0 Å². The topological polar surface area (TPSA) is 69.7 Å². The number of sulfonamides is 1. The first-order valence-electron chi connectivity index (χ1n) is 8.36. The number of likely N-dealkylation sites (tertiary alicyclic amines) is 1. The highest BCUT2D eigenvalue weighted by molar-refractivity contribution is 7.92. The van der Waals surface area contributed by atoms with Crippen LogP contribution in [0.15, 0.2) is 30.3 Å². The van der Waals surface area contributed by atoms with Crippen molar-refractivity contribution >= 4 is 21.6 Å². The molecule has 0 saturated carbocycles. The number of rotatable bonds is 6. The van der Waals surface area contributed by atoms with Crippen LogP contribution in [0.4, 0.5) is 5.69 Å². The second-order valence-corrected chi connectivity index (χ2v) is 8.26. The number of piperidine rings is 1. The molecule has 7 heteroatoms. The van der Waals surface area contributed by atoms with Gasteiger partial charge in [0.2, 0.25) is 15.9 Å². The van der Waals surface area contributed by atoms with E-state index >= 15 is 0 Å². The number of anilines is 1. The number of hydrogen-bond donors (Lipinski definition) is 1. The Hall–Kier alpha value is -1.60. The maximum absolute atomic E-state index is 12.8. The molecule has 1 N–H and O–H groups in total. The Kier molecular flexibility index (Phi) is 6.23. The summed E-state index contributed by atoms with van der Waals surface area (Å²) >= 11 is 0. The molecule has 0 spiro atoms. The lowest BCUT2D eigenvalue weighted by Crippen LogP contribution is -2.53. The molecule has 1 unspecified atom stereocenters. The van der Waals surface area contributed by atoms with Gasteiger partial charge in [0.1, 0.15) is 6.04 Å². The Morgan fingerprint density at radius 1 is 1.29 bits per heavy atom. The van der Waals surface area contributed by atoms with Crippen molar-refractivity contribution in [1.82, 2.24) is 10.2 Å². The molecule has 0 aromatic heterocycles. The SMILES string of the molecule is CCC(C(=O)NC1CCN(C)CC1)N(c1ccccc1)S(C)(=O)=O. The number of nitrogens with one attached hydrogen (secondary N) is 1. The second-order valence-electron chi connectivity index (χ2n) is 6.40. The van der Waals surface area contributed by atoms with E-state index in [-0.39, 0.29) is 11.9 Å². The number of carbonyl (C=O) groups excluding carboxylic acids is 1. The summed E-state index contributed by atoms with van der Waals surface area (Å²) in [6.07, 6.45) is 3.34. The average molecular weight is 353 g/mol. The standard InChI is InChI=1S/C17H27N3O3S/c1-4-16(17(21)18-14-10-12-19(2)13-11-14)20(24(3,22)23)15-8-6-5-7-9-15/h5-9,14,16H,4,10-13H2,1-3H3,(H,18,21). The largest absolute Gasteiger partial charge is 0.351 e. The van der Waals surface area contributed by atoms with Crippen molar-refractivity contribution < 1.29 is 13.2 Å². The van der Waals surface area contributed by atoms with Crippen molar-refractivity contribution in [1.29, 1.82) is 0 Å². The summed E-state index contributed by atoms with van der Waals surface area (Å²) in [5, 5.41) is 3.04. The minimum atomic E-state index is -3.56. The molecule has 0 aliphatic carbocycles. The molecule has 6 nitrogen and oxygen atoms in total. The lowest BCUT2D eigenvalue weighted by Gasteiger charge is -2.34. The van der Waals surface area contributed by atoms with Gasteiger partial charge in [-0.1, -0.05) is 25.1 Å². The van der Waals surface area contributed by atoms with E-state index in [4.69, 9.17) is 0 Å². The van der Waals surface area contributed by atoms with E-state index in [1.165, 1.54) is 4.31 Å². The molecule has 1 heterocycles. The van der Waals surface area contributed by atoms with Crippen LogP contribution in [0, 0.1) is 0 Å². The van der Waals surface area contributed by atoms with Crippen LogP contribution >= 0.6 is 0 Å². The van der Waals surface area contributed by atoms with Gasteiger partial charge in [0.25, 0.3) is 0 Å². The van der Waals surface area contributed by atoms with Crippen LogP contribution in [-0.4, -0.2) is 57.7 Å². The number of para-hydroxylation sites is 1. The molecule has 1 aliphatic heterocycles. The Labute approximate surface area is 144 Å². The molecule has 1 aromatic rings. The van der Waals surface area contributed by atoms with Gasteiger partial charge in [-0.3, -0.25) is 9.10 Å². The summed E-state index contributed by atoms with van der Waals surface area (Å²) in [7, 11) is -1.50. The molecule has 134 valence electrons. The zero-order valence-electron chi connectivity index (χ0n) is 14.6. The van der Waals surface area contributed by atoms with Crippen LogP contribution in [0.5, 0.6) is 0 Å². The van der Waals surface area contributed by atoms with Gasteiger partial charge in [-0.25, -0.2) is 8.42 Å². The third kappa shape index (κ3) is 4.70. The minimum absolute atomic E-state index is 0.111. The summed E-state index contributed by atoms with van der Waals surface area (Å²) in [6.45, 7) is 3.71. The summed E-state index contributed by atoms with van der Waals surface area (Å²) in [6, 6.07) is 8.18. The zero-order valence-corrected chi connectivity index (χ0v) is 15.4. The van der Waals surface area contributed by atoms with E-state index in [2.05, 4.69) is 17.3 Å². The highest BCUT2D eigenvalue weighted by Crippen LogP contribution is 2.22. The van der Waals surface area contributed by atoms with Gasteiger partial charge < -0.3 is 10.2 Å². The molecular weight excluding hydrogens is 326 g/mol. The molecule has 1 aromatic carbocycles. The van der Waals surface area contributed by atoms with Gasteiger partial charge in [-0.2, -0.15) is 0 Å². The predicted molar refractivity (Wildman–Crippen MR) is 96.5 cm³/mol. The van der Waals surface area contributed by atoms with Crippen LogP contribution in [0.1, 0.15) is 26.2 Å². The Bertz CT molecular complexity index is 640. The van der Waals surface area contributed by atoms with Gasteiger partial charge in [0, 0.05) is 6.04 Å². The first kappa shape index (κ1) is 18.7. The van der Waals surface area contributed by atoms with Crippen molar-refractivity contribution in [3.05, 3.63) is 30.3 Å². The second kappa shape index (κ2) is 7.98. The fraction of sp³-hybridized carbons (Fsp3) is 0.588. The maximum Gasteiger partial charge on any atom is 0.244 e. The number of carbonyl (C=O) groups is 1. The monoisotopic (exact) mass is 353 g/mol. The Balaban J connectivity index is 2.18. The summed E-state index contributed by atoms with van der Waals surface area (Å²) < 4.78 is 25.9. The summed E-state index contributed by atoms with van der Waals surface area (Å²) in [4.78, 5) is 15.0. The first-order valence-corrected chi connectivity index (χ1v) is 10.2. The van der Waals surface area contributed by atoms with E-state index in [1.807, 2.05) is 13.0 Å². The van der Waals surface area contributed by atoms with E-state index in [1.54, 1.807) is 24.3 Å².